The van der Waals surface area contributed by atoms with Crippen molar-refractivity contribution in [2.45, 2.75) is 19.3 Å². The minimum atomic E-state index is -0.430. The van der Waals surface area contributed by atoms with E-state index in [0.29, 0.717) is 22.7 Å². The molecule has 7 heteroatoms. The number of aryl methyl sites for hydroxylation is 1. The Morgan fingerprint density at radius 3 is 2.66 bits per heavy atom. The van der Waals surface area contributed by atoms with E-state index in [-0.39, 0.29) is 23.8 Å². The fourth-order valence-electron chi connectivity index (χ4n) is 3.92. The van der Waals surface area contributed by atoms with Crippen molar-refractivity contribution in [2.75, 3.05) is 17.7 Å². The van der Waals surface area contributed by atoms with Crippen LogP contribution < -0.4 is 20.9 Å². The van der Waals surface area contributed by atoms with Crippen molar-refractivity contribution in [1.29, 1.82) is 0 Å². The first-order valence-electron chi connectivity index (χ1n) is 9.27. The summed E-state index contributed by atoms with van der Waals surface area (Å²) in [4.78, 5) is 37.1. The number of nitrogens with zero attached hydrogens (tertiary/aromatic N) is 1. The van der Waals surface area contributed by atoms with Crippen LogP contribution in [0.2, 0.25) is 0 Å². The first-order valence-corrected chi connectivity index (χ1v) is 9.27. The summed E-state index contributed by atoms with van der Waals surface area (Å²) in [7, 11) is 3.23. The molecule has 2 heterocycles. The third-order valence-corrected chi connectivity index (χ3v) is 5.26. The van der Waals surface area contributed by atoms with Gasteiger partial charge in [-0.05, 0) is 29.1 Å². The number of hydrogen-bond acceptors (Lipinski definition) is 4. The van der Waals surface area contributed by atoms with Gasteiger partial charge in [-0.1, -0.05) is 18.2 Å². The highest BCUT2D eigenvalue weighted by Gasteiger charge is 2.30. The smallest absolute Gasteiger partial charge is 0.254 e. The molecule has 0 spiro atoms. The van der Waals surface area contributed by atoms with Gasteiger partial charge in [0.2, 0.25) is 11.8 Å². The summed E-state index contributed by atoms with van der Waals surface area (Å²) in [5.74, 6) is -0.403. The molecule has 0 saturated carbocycles. The molecular formula is C22H21N3O4. The Kier molecular flexibility index (Phi) is 4.58. The molecule has 1 atom stereocenters. The highest BCUT2D eigenvalue weighted by Crippen LogP contribution is 2.41. The lowest BCUT2D eigenvalue weighted by molar-refractivity contribution is -0.117. The number of para-hydroxylation sites is 1. The Morgan fingerprint density at radius 1 is 1.17 bits per heavy atom. The largest absolute Gasteiger partial charge is 0.494 e. The van der Waals surface area contributed by atoms with Gasteiger partial charge in [-0.25, -0.2) is 0 Å². The molecule has 0 aliphatic carbocycles. The van der Waals surface area contributed by atoms with Crippen LogP contribution in [0.4, 0.5) is 11.4 Å². The molecule has 7 nitrogen and oxygen atoms in total. The van der Waals surface area contributed by atoms with Crippen LogP contribution in [0, 0.1) is 0 Å². The number of methoxy groups -OCH3 is 1. The quantitative estimate of drug-likeness (QED) is 0.718. The summed E-state index contributed by atoms with van der Waals surface area (Å²) in [5.41, 5.74) is 3.06. The van der Waals surface area contributed by atoms with Crippen molar-refractivity contribution in [3.05, 3.63) is 63.9 Å². The number of benzene rings is 2. The Morgan fingerprint density at radius 2 is 1.93 bits per heavy atom. The fourth-order valence-corrected chi connectivity index (χ4v) is 3.92. The topological polar surface area (TPSA) is 89.4 Å². The second kappa shape index (κ2) is 7.09. The van der Waals surface area contributed by atoms with E-state index in [1.807, 2.05) is 30.3 Å². The Balaban J connectivity index is 1.94. The zero-order valence-electron chi connectivity index (χ0n) is 16.4. The number of hydrogen-bond donors (Lipinski definition) is 2. The van der Waals surface area contributed by atoms with Crippen molar-refractivity contribution in [3.8, 4) is 5.75 Å². The van der Waals surface area contributed by atoms with Crippen molar-refractivity contribution in [1.82, 2.24) is 4.57 Å². The van der Waals surface area contributed by atoms with Gasteiger partial charge in [-0.3, -0.25) is 14.4 Å². The van der Waals surface area contributed by atoms with Crippen molar-refractivity contribution in [2.24, 2.45) is 7.05 Å². The fraction of sp³-hybridized carbons (Fsp3) is 0.227. The maximum absolute atomic E-state index is 13.1. The minimum absolute atomic E-state index is 0.145. The molecule has 29 heavy (non-hydrogen) atoms. The lowest BCUT2D eigenvalue weighted by atomic mass is 9.84. The molecule has 2 aromatic carbocycles. The number of ether oxygens (including phenoxy) is 1. The maximum Gasteiger partial charge on any atom is 0.254 e. The van der Waals surface area contributed by atoms with E-state index in [2.05, 4.69) is 10.6 Å². The molecule has 1 aromatic heterocycles. The maximum atomic E-state index is 13.1. The van der Waals surface area contributed by atoms with Crippen molar-refractivity contribution in [3.63, 3.8) is 0 Å². The SMILES string of the molecule is COc1cc2c(cc1NC(C)=O)C(c1cc3ccccc3n(C)c1=O)CC(=O)N2. The van der Waals surface area contributed by atoms with Gasteiger partial charge in [0.25, 0.3) is 5.56 Å². The molecule has 2 amide bonds. The second-order valence-corrected chi connectivity index (χ2v) is 7.15. The normalized spacial score (nSPS) is 15.6. The molecule has 3 aromatic rings. The highest BCUT2D eigenvalue weighted by atomic mass is 16.5. The zero-order valence-corrected chi connectivity index (χ0v) is 16.4. The minimum Gasteiger partial charge on any atom is -0.494 e. The molecule has 2 N–H and O–H groups in total. The van der Waals surface area contributed by atoms with Crippen molar-refractivity contribution < 1.29 is 14.3 Å². The van der Waals surface area contributed by atoms with Crippen LogP contribution in [0.1, 0.15) is 30.4 Å². The summed E-state index contributed by atoms with van der Waals surface area (Å²) < 4.78 is 6.96. The van der Waals surface area contributed by atoms with Crippen LogP contribution in [0.5, 0.6) is 5.75 Å². The van der Waals surface area contributed by atoms with E-state index in [4.69, 9.17) is 4.74 Å². The third kappa shape index (κ3) is 3.24. The van der Waals surface area contributed by atoms with Gasteiger partial charge < -0.3 is 19.9 Å². The molecule has 0 saturated heterocycles. The van der Waals surface area contributed by atoms with E-state index in [1.54, 1.807) is 23.7 Å². The van der Waals surface area contributed by atoms with Gasteiger partial charge in [0.05, 0.1) is 18.3 Å². The van der Waals surface area contributed by atoms with Gasteiger partial charge in [-0.15, -0.1) is 0 Å². The average Bonchev–Trinajstić information content (AvgIpc) is 2.69. The van der Waals surface area contributed by atoms with E-state index >= 15 is 0 Å². The number of nitrogens with one attached hydrogen (secondary N) is 2. The standard InChI is InChI=1S/C22H21N3O4/c1-12(26)23-18-9-15-14(10-21(27)24-17(15)11-20(18)29-3)16-8-13-6-4-5-7-19(13)25(2)22(16)28/h4-9,11,14H,10H2,1-3H3,(H,23,26)(H,24,27). The molecule has 4 rings (SSSR count). The molecule has 0 radical (unpaired) electrons. The number of carbonyl (C=O) groups excluding carboxylic acids is 2. The first-order chi connectivity index (χ1) is 13.9. The van der Waals surface area contributed by atoms with E-state index in [0.717, 1.165) is 16.5 Å². The number of aromatic nitrogens is 1. The number of fused-ring (bicyclic) bond motifs is 2. The van der Waals surface area contributed by atoms with Gasteiger partial charge in [-0.2, -0.15) is 0 Å². The van der Waals surface area contributed by atoms with Gasteiger partial charge >= 0.3 is 0 Å². The summed E-state index contributed by atoms with van der Waals surface area (Å²) in [6, 6.07) is 12.9. The second-order valence-electron chi connectivity index (χ2n) is 7.15. The van der Waals surface area contributed by atoms with Crippen LogP contribution in [0.15, 0.2) is 47.3 Å². The molecule has 0 bridgehead atoms. The summed E-state index contributed by atoms with van der Waals surface area (Å²) in [6.45, 7) is 1.41. The summed E-state index contributed by atoms with van der Waals surface area (Å²) >= 11 is 0. The van der Waals surface area contributed by atoms with Crippen LogP contribution in [0.3, 0.4) is 0 Å². The van der Waals surface area contributed by atoms with Crippen LogP contribution in [-0.4, -0.2) is 23.5 Å². The number of rotatable bonds is 3. The van der Waals surface area contributed by atoms with Gasteiger partial charge in [0, 0.05) is 43.6 Å². The van der Waals surface area contributed by atoms with E-state index < -0.39 is 5.92 Å². The van der Waals surface area contributed by atoms with Crippen LogP contribution in [-0.2, 0) is 16.6 Å². The van der Waals surface area contributed by atoms with Crippen LogP contribution >= 0.6 is 0 Å². The Hall–Kier alpha value is -3.61. The molecule has 148 valence electrons. The number of carbonyl (C=O) groups is 2. The molecule has 0 fully saturated rings. The predicted molar refractivity (Wildman–Crippen MR) is 112 cm³/mol. The van der Waals surface area contributed by atoms with Crippen molar-refractivity contribution >= 4 is 34.1 Å². The summed E-state index contributed by atoms with van der Waals surface area (Å²) in [5, 5.41) is 6.52. The lowest BCUT2D eigenvalue weighted by Gasteiger charge is -2.27. The van der Waals surface area contributed by atoms with E-state index in [9.17, 15) is 14.4 Å². The molecular weight excluding hydrogens is 370 g/mol. The first kappa shape index (κ1) is 18.7. The monoisotopic (exact) mass is 391 g/mol. The van der Waals surface area contributed by atoms with Gasteiger partial charge in [0.15, 0.2) is 0 Å². The molecule has 1 aliphatic rings. The molecule has 1 unspecified atom stereocenters. The molecule has 1 aliphatic heterocycles. The summed E-state index contributed by atoms with van der Waals surface area (Å²) in [6.07, 6.45) is 0.145. The third-order valence-electron chi connectivity index (χ3n) is 5.26. The lowest BCUT2D eigenvalue weighted by Crippen LogP contribution is -2.30. The number of amides is 2. The Bertz CT molecular complexity index is 1210. The number of pyridine rings is 1. The van der Waals surface area contributed by atoms with Crippen LogP contribution in [0.25, 0.3) is 10.9 Å². The average molecular weight is 391 g/mol. The van der Waals surface area contributed by atoms with E-state index in [1.165, 1.54) is 14.0 Å². The highest BCUT2D eigenvalue weighted by molar-refractivity contribution is 5.98. The predicted octanol–water partition coefficient (Wildman–Crippen LogP) is 2.98. The van der Waals surface area contributed by atoms with Gasteiger partial charge in [0.1, 0.15) is 5.75 Å². The zero-order chi connectivity index (χ0) is 20.7. The Labute approximate surface area is 167 Å². The number of anilines is 2.